The van der Waals surface area contributed by atoms with Gasteiger partial charge in [-0.2, -0.15) is 4.80 Å². The van der Waals surface area contributed by atoms with Crippen LogP contribution in [0.4, 0.5) is 11.5 Å². The zero-order chi connectivity index (χ0) is 36.2. The van der Waals surface area contributed by atoms with E-state index in [0.29, 0.717) is 28.6 Å². The minimum Gasteiger partial charge on any atom is -0.494 e. The molecule has 0 spiro atoms. The van der Waals surface area contributed by atoms with Gasteiger partial charge in [0.2, 0.25) is 11.7 Å². The first-order valence-electron chi connectivity index (χ1n) is 15.9. The van der Waals surface area contributed by atoms with Crippen molar-refractivity contribution < 1.29 is 32.9 Å². The average Bonchev–Trinajstić information content (AvgIpc) is 3.83. The number of carbonyl (C=O) groups is 3. The van der Waals surface area contributed by atoms with E-state index in [1.54, 1.807) is 37.4 Å². The second-order valence-corrected chi connectivity index (χ2v) is 13.0. The van der Waals surface area contributed by atoms with Crippen molar-refractivity contribution in [1.29, 1.82) is 0 Å². The van der Waals surface area contributed by atoms with Crippen LogP contribution in [-0.4, -0.2) is 56.7 Å². The van der Waals surface area contributed by atoms with Gasteiger partial charge in [0.1, 0.15) is 17.3 Å². The van der Waals surface area contributed by atoms with Crippen molar-refractivity contribution in [2.45, 2.75) is 59.1 Å². The zero-order valence-corrected chi connectivity index (χ0v) is 29.8. The van der Waals surface area contributed by atoms with Gasteiger partial charge in [0.15, 0.2) is 12.5 Å². The minimum absolute atomic E-state index is 0.0418. The lowest BCUT2D eigenvalue weighted by Gasteiger charge is -2.28. The molecule has 0 unspecified atom stereocenters. The van der Waals surface area contributed by atoms with Crippen LogP contribution < -0.4 is 25.3 Å². The first-order valence-corrected chi connectivity index (χ1v) is 16.6. The highest BCUT2D eigenvalue weighted by Gasteiger charge is 2.32. The van der Waals surface area contributed by atoms with Crippen molar-refractivity contribution in [1.82, 2.24) is 30.1 Å². The molecule has 2 amide bonds. The topological polar surface area (TPSA) is 181 Å². The molecule has 1 aliphatic rings. The van der Waals surface area contributed by atoms with Crippen LogP contribution in [0.1, 0.15) is 60.2 Å². The van der Waals surface area contributed by atoms with Gasteiger partial charge in [-0.3, -0.25) is 19.0 Å². The van der Waals surface area contributed by atoms with Gasteiger partial charge in [0.25, 0.3) is 5.91 Å². The Morgan fingerprint density at radius 3 is 2.54 bits per heavy atom. The fourth-order valence-corrected chi connectivity index (χ4v) is 6.07. The summed E-state index contributed by atoms with van der Waals surface area (Å²) in [6.45, 7) is 7.24. The number of methoxy groups -OCH3 is 1. The van der Waals surface area contributed by atoms with E-state index in [1.165, 1.54) is 29.7 Å². The predicted molar refractivity (Wildman–Crippen MR) is 183 cm³/mol. The molecule has 2 N–H and O–H groups in total. The van der Waals surface area contributed by atoms with Crippen molar-refractivity contribution >= 4 is 38.0 Å². The predicted octanol–water partition coefficient (Wildman–Crippen LogP) is 4.70. The number of nitrogens with one attached hydrogen (secondary N) is 2. The molecule has 262 valence electrons. The number of para-hydroxylation sites is 1. The van der Waals surface area contributed by atoms with E-state index < -0.39 is 26.0 Å². The number of hydrogen-bond acceptors (Lipinski definition) is 11. The number of aryl methyl sites for hydroxylation is 3. The molecule has 0 saturated heterocycles. The van der Waals surface area contributed by atoms with E-state index in [9.17, 15) is 18.9 Å². The third-order valence-electron chi connectivity index (χ3n) is 8.21. The number of esters is 1. The van der Waals surface area contributed by atoms with Gasteiger partial charge >= 0.3 is 14.7 Å². The molecule has 0 radical (unpaired) electrons. The average molecular weight is 703 g/mol. The Labute approximate surface area is 290 Å². The second-order valence-electron chi connectivity index (χ2n) is 12.7. The number of hydrogen-bond donors (Lipinski definition) is 2. The van der Waals surface area contributed by atoms with Crippen molar-refractivity contribution in [3.63, 3.8) is 0 Å². The molecule has 0 atom stereocenters. The zero-order valence-electron chi connectivity index (χ0n) is 28.9. The largest absolute Gasteiger partial charge is 0.494 e. The van der Waals surface area contributed by atoms with Gasteiger partial charge in [0, 0.05) is 36.2 Å². The third-order valence-corrected chi connectivity index (χ3v) is 8.48. The number of benzene rings is 2. The number of nitrogens with zero attached hydrogens (tertiary/aromatic N) is 6. The van der Waals surface area contributed by atoms with Crippen LogP contribution in [0.5, 0.6) is 11.5 Å². The number of ether oxygens (including phenoxy) is 2. The summed E-state index contributed by atoms with van der Waals surface area (Å²) < 4.78 is 29.6. The van der Waals surface area contributed by atoms with Gasteiger partial charge < -0.3 is 24.6 Å². The van der Waals surface area contributed by atoms with E-state index in [1.807, 2.05) is 33.8 Å². The van der Waals surface area contributed by atoms with Crippen molar-refractivity contribution in [3.8, 4) is 22.9 Å². The lowest BCUT2D eigenvalue weighted by Crippen LogP contribution is -2.30. The summed E-state index contributed by atoms with van der Waals surface area (Å²) in [5.41, 5.74) is 2.84. The number of aromatic nitrogens is 5. The highest BCUT2D eigenvalue weighted by molar-refractivity contribution is 7.17. The van der Waals surface area contributed by atoms with Crippen LogP contribution in [0.15, 0.2) is 47.6 Å². The van der Waals surface area contributed by atoms with Crippen LogP contribution in [0.2, 0.25) is 0 Å². The highest BCUT2D eigenvalue weighted by atomic mass is 31.1. The number of tetrazole rings is 1. The first kappa shape index (κ1) is 35.9. The second kappa shape index (κ2) is 15.0. The fourth-order valence-electron chi connectivity index (χ4n) is 5.85. The molecule has 2 heterocycles. The Bertz CT molecular complexity index is 2030. The molecular weight excluding hydrogens is 663 g/mol. The molecule has 4 aromatic rings. The monoisotopic (exact) mass is 702 g/mol. The maximum absolute atomic E-state index is 13.4. The molecule has 50 heavy (non-hydrogen) atoms. The van der Waals surface area contributed by atoms with Crippen LogP contribution in [0.25, 0.3) is 11.4 Å². The molecule has 1 fully saturated rings. The van der Waals surface area contributed by atoms with Crippen LogP contribution in [0, 0.1) is 19.8 Å². The smallest absolute Gasteiger partial charge is 0.395 e. The van der Waals surface area contributed by atoms with E-state index in [-0.39, 0.29) is 41.7 Å². The maximum Gasteiger partial charge on any atom is 0.395 e. The summed E-state index contributed by atoms with van der Waals surface area (Å²) in [6, 6.07) is 10.5. The Morgan fingerprint density at radius 2 is 1.90 bits per heavy atom. The van der Waals surface area contributed by atoms with Crippen molar-refractivity contribution in [2.24, 2.45) is 18.0 Å². The van der Waals surface area contributed by atoms with E-state index in [0.717, 1.165) is 29.5 Å². The Balaban J connectivity index is 1.51. The number of rotatable bonds is 13. The van der Waals surface area contributed by atoms with E-state index in [4.69, 9.17) is 19.0 Å². The summed E-state index contributed by atoms with van der Waals surface area (Å²) in [5.74, 6) is 0.0345. The molecule has 0 aliphatic heterocycles. The Kier molecular flexibility index (Phi) is 10.8. The molecule has 15 nitrogen and oxygen atoms in total. The first-order chi connectivity index (χ1) is 23.8. The molecule has 2 aromatic heterocycles. The van der Waals surface area contributed by atoms with Gasteiger partial charge in [-0.25, -0.2) is 9.56 Å². The summed E-state index contributed by atoms with van der Waals surface area (Å²) in [4.78, 5) is 45.7. The van der Waals surface area contributed by atoms with Gasteiger partial charge in [-0.1, -0.05) is 26.0 Å². The lowest BCUT2D eigenvalue weighted by atomic mass is 9.78. The van der Waals surface area contributed by atoms with Crippen molar-refractivity contribution in [3.05, 3.63) is 70.2 Å². The molecule has 1 aliphatic carbocycles. The van der Waals surface area contributed by atoms with Crippen LogP contribution in [-0.2, 0) is 38.1 Å². The Morgan fingerprint density at radius 1 is 1.14 bits per heavy atom. The SMILES string of the molecule is CNC(=O)c1cn(COC(=O)CC(C)(C)c2c(C)cc(C)cc2OP=O)c(NC(=O)C2CC2)cc1=Nc1cccc(-c2nnn(C)n2)c1OC. The molecular formula is C34H39N8O7P. The molecule has 2 aromatic carbocycles. The third kappa shape index (κ3) is 8.05. The standard InChI is InChI=1S/C34H39N8O7P/c1-19-13-20(2)29(26(14-19)49-50-46)34(3,4)16-28(43)48-18-42-17-23(33(45)35-5)25(15-27(42)37-32(44)21-11-12-21)36-24-10-8-9-22(30(24)47-7)31-38-40-41(6)39-31/h8-10,13-15,17,21H,11-12,16,18H2,1-7H3,(H,35,45)(H,37,44). The normalized spacial score (nSPS) is 13.2. The minimum atomic E-state index is -0.757. The number of carbonyl (C=O) groups excluding carboxylic acids is 3. The maximum atomic E-state index is 13.4. The van der Waals surface area contributed by atoms with E-state index in [2.05, 4.69) is 26.0 Å². The summed E-state index contributed by atoms with van der Waals surface area (Å²) in [6.07, 6.45) is 2.96. The number of pyridine rings is 1. The Hall–Kier alpha value is -5.43. The molecule has 5 rings (SSSR count). The highest BCUT2D eigenvalue weighted by Crippen LogP contribution is 2.39. The molecule has 0 bridgehead atoms. The summed E-state index contributed by atoms with van der Waals surface area (Å²) in [5, 5.41) is 18.0. The lowest BCUT2D eigenvalue weighted by molar-refractivity contribution is -0.148. The van der Waals surface area contributed by atoms with Gasteiger partial charge in [-0.15, -0.1) is 10.2 Å². The number of anilines is 1. The van der Waals surface area contributed by atoms with E-state index >= 15 is 0 Å². The van der Waals surface area contributed by atoms with Gasteiger partial charge in [0.05, 0.1) is 37.1 Å². The summed E-state index contributed by atoms with van der Waals surface area (Å²) >= 11 is 0. The van der Waals surface area contributed by atoms with Crippen LogP contribution in [0.3, 0.4) is 0 Å². The van der Waals surface area contributed by atoms with Crippen molar-refractivity contribution in [2.75, 3.05) is 19.5 Å². The molecule has 1 saturated carbocycles. The molecule has 16 heteroatoms. The quantitative estimate of drug-likeness (QED) is 0.146. The summed E-state index contributed by atoms with van der Waals surface area (Å²) in [7, 11) is 4.11. The number of amides is 2. The fraction of sp³-hybridized carbons (Fsp3) is 0.382. The van der Waals surface area contributed by atoms with Crippen LogP contribution >= 0.6 is 8.69 Å². The van der Waals surface area contributed by atoms with Gasteiger partial charge in [-0.05, 0) is 61.2 Å².